The number of nitrogens with zero attached hydrogens (tertiary/aromatic N) is 3. The van der Waals surface area contributed by atoms with Crippen molar-refractivity contribution in [2.45, 2.75) is 25.8 Å². The van der Waals surface area contributed by atoms with Crippen molar-refractivity contribution in [2.24, 2.45) is 0 Å². The zero-order valence-corrected chi connectivity index (χ0v) is 16.9. The maximum atomic E-state index is 4.32. The molecule has 2 heterocycles. The summed E-state index contributed by atoms with van der Waals surface area (Å²) in [6, 6.07) is 23.0. The fourth-order valence-electron chi connectivity index (χ4n) is 3.61. The Bertz CT molecular complexity index is 852. The van der Waals surface area contributed by atoms with Crippen LogP contribution in [0.3, 0.4) is 0 Å². The van der Waals surface area contributed by atoms with E-state index in [2.05, 4.69) is 56.8 Å². The summed E-state index contributed by atoms with van der Waals surface area (Å²) in [7, 11) is 0. The first-order chi connectivity index (χ1) is 13.4. The Labute approximate surface area is 173 Å². The van der Waals surface area contributed by atoms with Gasteiger partial charge in [-0.15, -0.1) is 22.6 Å². The Kier molecular flexibility index (Phi) is 7.40. The van der Waals surface area contributed by atoms with E-state index in [4.69, 9.17) is 0 Å². The van der Waals surface area contributed by atoms with Crippen molar-refractivity contribution >= 4 is 18.2 Å². The lowest BCUT2D eigenvalue weighted by Crippen LogP contribution is -2.31. The summed E-state index contributed by atoms with van der Waals surface area (Å²) in [5.41, 5.74) is 5.02. The SMILES string of the molecule is Cl.c1ccc(-c2ccc(NCCCCN3CCc4ccccc4C3)nn2)cc1. The maximum absolute atomic E-state index is 4.32. The molecule has 1 aromatic heterocycles. The number of benzene rings is 2. The minimum atomic E-state index is 0. The van der Waals surface area contributed by atoms with Crippen LogP contribution in [0.4, 0.5) is 5.82 Å². The van der Waals surface area contributed by atoms with Crippen LogP contribution in [0.1, 0.15) is 24.0 Å². The van der Waals surface area contributed by atoms with Gasteiger partial charge in [-0.2, -0.15) is 0 Å². The summed E-state index contributed by atoms with van der Waals surface area (Å²) in [4.78, 5) is 2.57. The molecule has 5 heteroatoms. The molecule has 0 fully saturated rings. The first-order valence-electron chi connectivity index (χ1n) is 9.81. The Balaban J connectivity index is 0.00000225. The van der Waals surface area contributed by atoms with Gasteiger partial charge in [-0.1, -0.05) is 54.6 Å². The second-order valence-electron chi connectivity index (χ2n) is 7.10. The van der Waals surface area contributed by atoms with Crippen LogP contribution in [0, 0.1) is 0 Å². The van der Waals surface area contributed by atoms with E-state index in [1.807, 2.05) is 30.3 Å². The number of unbranched alkanes of at least 4 members (excludes halogenated alkanes) is 1. The predicted molar refractivity (Wildman–Crippen MR) is 118 cm³/mol. The molecule has 0 amide bonds. The first kappa shape index (κ1) is 20.3. The summed E-state index contributed by atoms with van der Waals surface area (Å²) in [6.45, 7) is 4.37. The Hall–Kier alpha value is -2.43. The lowest BCUT2D eigenvalue weighted by molar-refractivity contribution is 0.250. The molecule has 0 aliphatic carbocycles. The average Bonchev–Trinajstić information content (AvgIpc) is 2.74. The van der Waals surface area contributed by atoms with Gasteiger partial charge in [-0.25, -0.2) is 0 Å². The van der Waals surface area contributed by atoms with Crippen molar-refractivity contribution in [3.8, 4) is 11.3 Å². The Morgan fingerprint density at radius 1 is 0.821 bits per heavy atom. The fourth-order valence-corrected chi connectivity index (χ4v) is 3.61. The van der Waals surface area contributed by atoms with E-state index in [1.54, 1.807) is 0 Å². The molecule has 0 saturated heterocycles. The molecule has 0 spiro atoms. The van der Waals surface area contributed by atoms with Gasteiger partial charge >= 0.3 is 0 Å². The topological polar surface area (TPSA) is 41.0 Å². The standard InChI is InChI=1S/C23H26N4.ClH/c1-2-9-20(10-3-1)22-12-13-23(26-25-22)24-15-6-7-16-27-17-14-19-8-4-5-11-21(19)18-27;/h1-5,8-13H,6-7,14-18H2,(H,24,26);1H. The van der Waals surface area contributed by atoms with E-state index in [0.717, 1.165) is 43.1 Å². The Morgan fingerprint density at radius 2 is 1.61 bits per heavy atom. The van der Waals surface area contributed by atoms with Crippen molar-refractivity contribution in [1.82, 2.24) is 15.1 Å². The van der Waals surface area contributed by atoms with Gasteiger partial charge in [0.05, 0.1) is 5.69 Å². The smallest absolute Gasteiger partial charge is 0.148 e. The monoisotopic (exact) mass is 394 g/mol. The van der Waals surface area contributed by atoms with E-state index in [9.17, 15) is 0 Å². The van der Waals surface area contributed by atoms with Crippen LogP contribution in [0.25, 0.3) is 11.3 Å². The number of hydrogen-bond donors (Lipinski definition) is 1. The summed E-state index contributed by atoms with van der Waals surface area (Å²) in [5, 5.41) is 12.0. The highest BCUT2D eigenvalue weighted by molar-refractivity contribution is 5.85. The van der Waals surface area contributed by atoms with Gasteiger partial charge in [-0.3, -0.25) is 4.90 Å². The van der Waals surface area contributed by atoms with Crippen molar-refractivity contribution in [1.29, 1.82) is 0 Å². The van der Waals surface area contributed by atoms with Crippen LogP contribution in [0.2, 0.25) is 0 Å². The lowest BCUT2D eigenvalue weighted by Gasteiger charge is -2.28. The van der Waals surface area contributed by atoms with Crippen LogP contribution in [-0.4, -0.2) is 34.7 Å². The average molecular weight is 395 g/mol. The number of hydrogen-bond acceptors (Lipinski definition) is 4. The van der Waals surface area contributed by atoms with Crippen LogP contribution in [0.5, 0.6) is 0 Å². The molecule has 2 aromatic carbocycles. The number of rotatable bonds is 7. The van der Waals surface area contributed by atoms with Gasteiger partial charge in [0.15, 0.2) is 0 Å². The number of halogens is 1. The van der Waals surface area contributed by atoms with Gasteiger partial charge < -0.3 is 5.32 Å². The number of fused-ring (bicyclic) bond motifs is 1. The van der Waals surface area contributed by atoms with Crippen LogP contribution in [-0.2, 0) is 13.0 Å². The molecular weight excluding hydrogens is 368 g/mol. The predicted octanol–water partition coefficient (Wildman–Crippen LogP) is 4.82. The molecule has 4 rings (SSSR count). The number of aromatic nitrogens is 2. The van der Waals surface area contributed by atoms with Crippen molar-refractivity contribution in [3.05, 3.63) is 77.9 Å². The third-order valence-electron chi connectivity index (χ3n) is 5.15. The van der Waals surface area contributed by atoms with Crippen LogP contribution in [0.15, 0.2) is 66.7 Å². The lowest BCUT2D eigenvalue weighted by atomic mass is 10.00. The normalized spacial score (nSPS) is 13.4. The molecule has 4 nitrogen and oxygen atoms in total. The molecule has 28 heavy (non-hydrogen) atoms. The second kappa shape index (κ2) is 10.2. The summed E-state index contributed by atoms with van der Waals surface area (Å²) >= 11 is 0. The molecule has 0 radical (unpaired) electrons. The van der Waals surface area contributed by atoms with E-state index in [0.29, 0.717) is 0 Å². The summed E-state index contributed by atoms with van der Waals surface area (Å²) < 4.78 is 0. The van der Waals surface area contributed by atoms with Gasteiger partial charge in [0.25, 0.3) is 0 Å². The number of nitrogens with one attached hydrogen (secondary N) is 1. The Morgan fingerprint density at radius 3 is 2.39 bits per heavy atom. The molecule has 0 unspecified atom stereocenters. The fraction of sp³-hybridized carbons (Fsp3) is 0.304. The second-order valence-corrected chi connectivity index (χ2v) is 7.10. The van der Waals surface area contributed by atoms with Gasteiger partial charge in [0, 0.05) is 25.2 Å². The minimum absolute atomic E-state index is 0. The highest BCUT2D eigenvalue weighted by Gasteiger charge is 2.14. The quantitative estimate of drug-likeness (QED) is 0.583. The van der Waals surface area contributed by atoms with E-state index in [1.165, 1.54) is 30.5 Å². The van der Waals surface area contributed by atoms with Gasteiger partial charge in [-0.05, 0) is 49.1 Å². The van der Waals surface area contributed by atoms with Crippen molar-refractivity contribution in [2.75, 3.05) is 25.0 Å². The number of anilines is 1. The molecule has 0 atom stereocenters. The first-order valence-corrected chi connectivity index (χ1v) is 9.81. The maximum Gasteiger partial charge on any atom is 0.148 e. The minimum Gasteiger partial charge on any atom is -0.369 e. The molecule has 1 N–H and O–H groups in total. The summed E-state index contributed by atoms with van der Waals surface area (Å²) in [6.07, 6.45) is 3.52. The van der Waals surface area contributed by atoms with Gasteiger partial charge in [0.1, 0.15) is 5.82 Å². The van der Waals surface area contributed by atoms with Crippen LogP contribution >= 0.6 is 12.4 Å². The van der Waals surface area contributed by atoms with E-state index < -0.39 is 0 Å². The molecule has 1 aliphatic rings. The molecule has 1 aliphatic heterocycles. The largest absolute Gasteiger partial charge is 0.369 e. The third kappa shape index (κ3) is 5.31. The zero-order valence-electron chi connectivity index (χ0n) is 16.1. The zero-order chi connectivity index (χ0) is 18.3. The van der Waals surface area contributed by atoms with Crippen molar-refractivity contribution in [3.63, 3.8) is 0 Å². The van der Waals surface area contributed by atoms with E-state index >= 15 is 0 Å². The molecule has 146 valence electrons. The van der Waals surface area contributed by atoms with E-state index in [-0.39, 0.29) is 12.4 Å². The molecule has 0 saturated carbocycles. The van der Waals surface area contributed by atoms with Crippen molar-refractivity contribution < 1.29 is 0 Å². The highest BCUT2D eigenvalue weighted by atomic mass is 35.5. The third-order valence-corrected chi connectivity index (χ3v) is 5.15. The molecule has 3 aromatic rings. The molecular formula is C23H27ClN4. The molecule has 0 bridgehead atoms. The summed E-state index contributed by atoms with van der Waals surface area (Å²) in [5.74, 6) is 0.849. The van der Waals surface area contributed by atoms with Crippen LogP contribution < -0.4 is 5.32 Å². The van der Waals surface area contributed by atoms with Gasteiger partial charge in [0.2, 0.25) is 0 Å². The highest BCUT2D eigenvalue weighted by Crippen LogP contribution is 2.19.